The summed E-state index contributed by atoms with van der Waals surface area (Å²) in [6, 6.07) is 18.0. The van der Waals surface area contributed by atoms with Crippen molar-refractivity contribution in [1.29, 1.82) is 0 Å². The maximum atomic E-state index is 13.9. The van der Waals surface area contributed by atoms with E-state index in [2.05, 4.69) is 4.74 Å². The number of carbonyl (C=O) groups is 1. The zero-order valence-corrected chi connectivity index (χ0v) is 23.2. The van der Waals surface area contributed by atoms with Crippen molar-refractivity contribution in [3.63, 3.8) is 0 Å². The summed E-state index contributed by atoms with van der Waals surface area (Å²) in [7, 11) is -2.70. The van der Waals surface area contributed by atoms with Crippen LogP contribution in [0.5, 0.6) is 11.5 Å². The molecule has 0 bridgehead atoms. The van der Waals surface area contributed by atoms with E-state index in [0.717, 1.165) is 5.56 Å². The molecule has 204 valence electrons. The standard InChI is InChI=1S/C27H19F4IO6S/c1-16-3-13-21(14-4-16)39(34,35)38-32(19-9-11-20(36-2)12-10-19)18-7-5-17(6-8-18)27(33)37-26-24(30)22(28)15-23(29)25(26)31/h3-15H,1-2H3. The van der Waals surface area contributed by atoms with Gasteiger partial charge in [0.1, 0.15) is 0 Å². The molecular weight excluding hydrogens is 655 g/mol. The molecular formula is C27H19F4IO6S. The number of halogens is 5. The van der Waals surface area contributed by atoms with Crippen LogP contribution in [0.1, 0.15) is 15.9 Å². The van der Waals surface area contributed by atoms with Crippen LogP contribution in [0, 0.1) is 37.3 Å². The van der Waals surface area contributed by atoms with Crippen molar-refractivity contribution >= 4 is 36.3 Å². The number of esters is 1. The van der Waals surface area contributed by atoms with Gasteiger partial charge in [-0.3, -0.25) is 0 Å². The summed E-state index contributed by atoms with van der Waals surface area (Å²) in [6.45, 7) is 1.81. The van der Waals surface area contributed by atoms with Crippen LogP contribution in [0.2, 0.25) is 0 Å². The average molecular weight is 674 g/mol. The van der Waals surface area contributed by atoms with E-state index in [-0.39, 0.29) is 16.5 Å². The molecule has 0 unspecified atom stereocenters. The molecule has 4 aromatic carbocycles. The molecule has 0 atom stereocenters. The molecule has 4 aromatic rings. The van der Waals surface area contributed by atoms with Gasteiger partial charge in [-0.05, 0) is 0 Å². The Kier molecular flexibility index (Phi) is 8.57. The molecule has 0 aromatic heterocycles. The molecule has 0 aliphatic rings. The van der Waals surface area contributed by atoms with Gasteiger partial charge in [-0.25, -0.2) is 0 Å². The molecule has 0 aliphatic heterocycles. The number of benzene rings is 4. The van der Waals surface area contributed by atoms with E-state index in [0.29, 0.717) is 12.9 Å². The first kappa shape index (κ1) is 28.5. The number of hydrogen-bond acceptors (Lipinski definition) is 6. The summed E-state index contributed by atoms with van der Waals surface area (Å²) in [5.41, 5.74) is 0.650. The maximum absolute atomic E-state index is 13.9. The number of aryl methyl sites for hydroxylation is 1. The van der Waals surface area contributed by atoms with Crippen LogP contribution in [-0.4, -0.2) is 21.5 Å². The number of ether oxygens (including phenoxy) is 2. The fraction of sp³-hybridized carbons (Fsp3) is 0.0741. The molecule has 0 aliphatic carbocycles. The third-order valence-electron chi connectivity index (χ3n) is 5.25. The van der Waals surface area contributed by atoms with Crippen LogP contribution < -0.4 is 9.47 Å². The fourth-order valence-corrected chi connectivity index (χ4v) is 10.1. The van der Waals surface area contributed by atoms with E-state index >= 15 is 0 Å². The van der Waals surface area contributed by atoms with E-state index in [9.17, 15) is 30.8 Å². The predicted octanol–water partition coefficient (Wildman–Crippen LogP) is 6.65. The zero-order chi connectivity index (χ0) is 28.3. The summed E-state index contributed by atoms with van der Waals surface area (Å²) < 4.78 is 97.5. The van der Waals surface area contributed by atoms with E-state index in [4.69, 9.17) is 7.25 Å². The summed E-state index contributed by atoms with van der Waals surface area (Å²) in [6.07, 6.45) is 0. The van der Waals surface area contributed by atoms with Crippen molar-refractivity contribution in [2.24, 2.45) is 0 Å². The second kappa shape index (κ2) is 11.7. The first-order valence-corrected chi connectivity index (χ1v) is 15.5. The minimum absolute atomic E-state index is 0.00795. The summed E-state index contributed by atoms with van der Waals surface area (Å²) in [4.78, 5) is 12.4. The monoisotopic (exact) mass is 674 g/mol. The molecule has 0 spiro atoms. The number of methoxy groups -OCH3 is 1. The molecule has 0 saturated heterocycles. The summed E-state index contributed by atoms with van der Waals surface area (Å²) in [5, 5.41) is 0. The molecule has 39 heavy (non-hydrogen) atoms. The van der Waals surface area contributed by atoms with Gasteiger partial charge in [0, 0.05) is 0 Å². The van der Waals surface area contributed by atoms with Crippen molar-refractivity contribution in [3.05, 3.63) is 120 Å². The van der Waals surface area contributed by atoms with Gasteiger partial charge in [-0.2, -0.15) is 0 Å². The van der Waals surface area contributed by atoms with E-state index in [1.165, 1.54) is 43.5 Å². The van der Waals surface area contributed by atoms with Gasteiger partial charge >= 0.3 is 230 Å². The molecule has 4 rings (SSSR count). The average Bonchev–Trinajstić information content (AvgIpc) is 2.93. The molecule has 12 heteroatoms. The second-order valence-corrected chi connectivity index (χ2v) is 14.4. The summed E-state index contributed by atoms with van der Waals surface area (Å²) >= 11 is -3.18. The van der Waals surface area contributed by atoms with Crippen molar-refractivity contribution in [2.45, 2.75) is 11.8 Å². The normalized spacial score (nSPS) is 11.7. The predicted molar refractivity (Wildman–Crippen MR) is 142 cm³/mol. The topological polar surface area (TPSA) is 78.9 Å². The SMILES string of the molecule is COc1ccc(I(OS(=O)(=O)c2ccc(C)cc2)c2ccc(C(=O)Oc3c(F)c(F)cc(F)c3F)cc2)cc1. The Bertz CT molecular complexity index is 1580. The molecule has 0 radical (unpaired) electrons. The van der Waals surface area contributed by atoms with Gasteiger partial charge < -0.3 is 0 Å². The van der Waals surface area contributed by atoms with E-state index < -0.39 is 65.3 Å². The number of carbonyl (C=O) groups excluding carboxylic acids is 1. The van der Waals surface area contributed by atoms with Crippen LogP contribution >= 0.6 is 20.2 Å². The fourth-order valence-electron chi connectivity index (χ4n) is 3.20. The molecule has 0 heterocycles. The minimum atomic E-state index is -4.18. The Morgan fingerprint density at radius 1 is 0.769 bits per heavy atom. The molecule has 0 saturated carbocycles. The van der Waals surface area contributed by atoms with Gasteiger partial charge in [0.05, 0.1) is 0 Å². The van der Waals surface area contributed by atoms with Crippen LogP contribution in [0.15, 0.2) is 83.8 Å². The van der Waals surface area contributed by atoms with Crippen LogP contribution in [-0.2, 0) is 12.6 Å². The van der Waals surface area contributed by atoms with Gasteiger partial charge in [-0.15, -0.1) is 0 Å². The van der Waals surface area contributed by atoms with Crippen molar-refractivity contribution in [2.75, 3.05) is 7.11 Å². The van der Waals surface area contributed by atoms with Crippen molar-refractivity contribution in [1.82, 2.24) is 0 Å². The zero-order valence-electron chi connectivity index (χ0n) is 20.3. The van der Waals surface area contributed by atoms with Gasteiger partial charge in [0.15, 0.2) is 0 Å². The van der Waals surface area contributed by atoms with Crippen LogP contribution in [0.3, 0.4) is 0 Å². The van der Waals surface area contributed by atoms with Gasteiger partial charge in [0.25, 0.3) is 0 Å². The van der Waals surface area contributed by atoms with Crippen LogP contribution in [0.25, 0.3) is 0 Å². The molecule has 0 fully saturated rings. The Hall–Kier alpha value is -3.49. The number of rotatable bonds is 8. The van der Waals surface area contributed by atoms with Gasteiger partial charge in [-0.1, -0.05) is 0 Å². The second-order valence-electron chi connectivity index (χ2n) is 7.93. The molecule has 0 N–H and O–H groups in total. The quantitative estimate of drug-likeness (QED) is 0.0686. The summed E-state index contributed by atoms with van der Waals surface area (Å²) in [5.74, 6) is -9.44. The first-order valence-electron chi connectivity index (χ1n) is 11.0. The van der Waals surface area contributed by atoms with Crippen molar-refractivity contribution < 1.29 is 42.8 Å². The Labute approximate surface area is 229 Å². The third kappa shape index (κ3) is 6.40. The Morgan fingerprint density at radius 2 is 1.28 bits per heavy atom. The van der Waals surface area contributed by atoms with Crippen molar-refractivity contribution in [3.8, 4) is 11.5 Å². The first-order chi connectivity index (χ1) is 18.5. The molecule has 6 nitrogen and oxygen atoms in total. The Balaban J connectivity index is 1.66. The number of hydrogen-bond donors (Lipinski definition) is 0. The van der Waals surface area contributed by atoms with Crippen LogP contribution in [0.4, 0.5) is 17.6 Å². The van der Waals surface area contributed by atoms with E-state index in [1.807, 2.05) is 6.92 Å². The third-order valence-corrected chi connectivity index (χ3v) is 12.6. The molecule has 0 amide bonds. The Morgan fingerprint density at radius 3 is 1.79 bits per heavy atom. The van der Waals surface area contributed by atoms with Gasteiger partial charge in [0.2, 0.25) is 0 Å². The van der Waals surface area contributed by atoms with E-state index in [1.54, 1.807) is 36.4 Å².